The van der Waals surface area contributed by atoms with Gasteiger partial charge >= 0.3 is 0 Å². The van der Waals surface area contributed by atoms with E-state index in [2.05, 4.69) is 22.4 Å². The Morgan fingerprint density at radius 3 is 2.50 bits per heavy atom. The summed E-state index contributed by atoms with van der Waals surface area (Å²) >= 11 is 0. The predicted molar refractivity (Wildman–Crippen MR) is 82.6 cm³/mol. The number of rotatable bonds is 9. The minimum atomic E-state index is -0.00565. The molecule has 1 aromatic rings. The molecule has 0 atom stereocenters. The van der Waals surface area contributed by atoms with Crippen LogP contribution in [0.2, 0.25) is 0 Å². The average molecular weight is 275 g/mol. The van der Waals surface area contributed by atoms with E-state index in [9.17, 15) is 4.79 Å². The summed E-state index contributed by atoms with van der Waals surface area (Å²) < 4.78 is 0. The first kappa shape index (κ1) is 16.3. The summed E-state index contributed by atoms with van der Waals surface area (Å²) in [5.41, 5.74) is 4.38. The summed E-state index contributed by atoms with van der Waals surface area (Å²) in [5, 5.41) is 4.11. The van der Waals surface area contributed by atoms with Crippen molar-refractivity contribution in [2.24, 2.45) is 5.10 Å². The SMILES string of the molecule is CCCCCCCCC(=O)N/N=C(/C)c1ccncc1. The number of nitrogens with zero attached hydrogens (tertiary/aromatic N) is 2. The zero-order valence-corrected chi connectivity index (χ0v) is 12.6. The molecule has 1 heterocycles. The van der Waals surface area contributed by atoms with Crippen LogP contribution in [0.15, 0.2) is 29.6 Å². The third kappa shape index (κ3) is 7.02. The van der Waals surface area contributed by atoms with E-state index in [0.29, 0.717) is 6.42 Å². The summed E-state index contributed by atoms with van der Waals surface area (Å²) in [6, 6.07) is 3.75. The summed E-state index contributed by atoms with van der Waals surface area (Å²) in [4.78, 5) is 15.6. The van der Waals surface area contributed by atoms with Gasteiger partial charge in [-0.2, -0.15) is 5.10 Å². The van der Waals surface area contributed by atoms with Gasteiger partial charge in [0.25, 0.3) is 0 Å². The maximum Gasteiger partial charge on any atom is 0.240 e. The molecular weight excluding hydrogens is 250 g/mol. The molecule has 4 heteroatoms. The van der Waals surface area contributed by atoms with Gasteiger partial charge in [-0.25, -0.2) is 5.43 Å². The molecule has 0 bridgehead atoms. The number of nitrogens with one attached hydrogen (secondary N) is 1. The minimum absolute atomic E-state index is 0.00565. The van der Waals surface area contributed by atoms with E-state index in [4.69, 9.17) is 0 Å². The quantitative estimate of drug-likeness (QED) is 0.424. The highest BCUT2D eigenvalue weighted by Gasteiger charge is 2.01. The van der Waals surface area contributed by atoms with Crippen molar-refractivity contribution >= 4 is 11.6 Å². The van der Waals surface area contributed by atoms with Gasteiger partial charge in [-0.05, 0) is 25.5 Å². The van der Waals surface area contributed by atoms with Crippen LogP contribution in [-0.2, 0) is 4.79 Å². The molecule has 0 saturated carbocycles. The molecule has 4 nitrogen and oxygen atoms in total. The molecule has 0 aliphatic rings. The second kappa shape index (κ2) is 10.1. The summed E-state index contributed by atoms with van der Waals surface area (Å²) in [6.45, 7) is 4.08. The Morgan fingerprint density at radius 1 is 1.15 bits per heavy atom. The summed E-state index contributed by atoms with van der Waals surface area (Å²) in [6.07, 6.45) is 11.1. The van der Waals surface area contributed by atoms with Crippen molar-refractivity contribution in [2.45, 2.75) is 58.8 Å². The Bertz CT molecular complexity index is 415. The van der Waals surface area contributed by atoms with E-state index in [1.165, 1.54) is 25.7 Å². The zero-order valence-electron chi connectivity index (χ0n) is 12.6. The monoisotopic (exact) mass is 275 g/mol. The standard InChI is InChI=1S/C16H25N3O/c1-3-4-5-6-7-8-9-16(20)19-18-14(2)15-10-12-17-13-11-15/h10-13H,3-9H2,1-2H3,(H,19,20)/b18-14-. The van der Waals surface area contributed by atoms with Crippen molar-refractivity contribution in [1.29, 1.82) is 0 Å². The van der Waals surface area contributed by atoms with Gasteiger partial charge in [0, 0.05) is 24.4 Å². The van der Waals surface area contributed by atoms with E-state index in [1.807, 2.05) is 19.1 Å². The van der Waals surface area contributed by atoms with Crippen LogP contribution in [0.1, 0.15) is 64.4 Å². The summed E-state index contributed by atoms with van der Waals surface area (Å²) in [7, 11) is 0. The second-order valence-electron chi connectivity index (χ2n) is 4.99. The molecule has 0 spiro atoms. The normalized spacial score (nSPS) is 11.4. The van der Waals surface area contributed by atoms with Crippen LogP contribution in [0.4, 0.5) is 0 Å². The van der Waals surface area contributed by atoms with Crippen LogP contribution in [-0.4, -0.2) is 16.6 Å². The molecule has 20 heavy (non-hydrogen) atoms. The summed E-state index contributed by atoms with van der Waals surface area (Å²) in [5.74, 6) is -0.00565. The van der Waals surface area contributed by atoms with Gasteiger partial charge in [0.2, 0.25) is 5.91 Å². The first-order valence-electron chi connectivity index (χ1n) is 7.47. The molecule has 0 radical (unpaired) electrons. The lowest BCUT2D eigenvalue weighted by molar-refractivity contribution is -0.121. The number of hydrazone groups is 1. The lowest BCUT2D eigenvalue weighted by Gasteiger charge is -2.03. The number of pyridine rings is 1. The van der Waals surface area contributed by atoms with Crippen molar-refractivity contribution in [3.05, 3.63) is 30.1 Å². The molecule has 0 saturated heterocycles. The highest BCUT2D eigenvalue weighted by molar-refractivity contribution is 5.99. The van der Waals surface area contributed by atoms with Crippen molar-refractivity contribution < 1.29 is 4.79 Å². The Morgan fingerprint density at radius 2 is 1.80 bits per heavy atom. The van der Waals surface area contributed by atoms with Crippen molar-refractivity contribution in [3.8, 4) is 0 Å². The largest absolute Gasteiger partial charge is 0.273 e. The molecule has 0 aliphatic heterocycles. The average Bonchev–Trinajstić information content (AvgIpc) is 2.49. The first-order valence-corrected chi connectivity index (χ1v) is 7.47. The molecule has 1 amide bonds. The van der Waals surface area contributed by atoms with Gasteiger partial charge in [-0.15, -0.1) is 0 Å². The number of amides is 1. The van der Waals surface area contributed by atoms with Crippen molar-refractivity contribution in [2.75, 3.05) is 0 Å². The molecule has 1 aromatic heterocycles. The fraction of sp³-hybridized carbons (Fsp3) is 0.562. The molecular formula is C16H25N3O. The second-order valence-corrected chi connectivity index (χ2v) is 4.99. The van der Waals surface area contributed by atoms with Gasteiger partial charge in [0.1, 0.15) is 0 Å². The highest BCUT2D eigenvalue weighted by atomic mass is 16.2. The fourth-order valence-corrected chi connectivity index (χ4v) is 1.93. The topological polar surface area (TPSA) is 54.4 Å². The molecule has 0 aliphatic carbocycles. The number of aromatic nitrogens is 1. The van der Waals surface area contributed by atoms with Gasteiger partial charge in [-0.1, -0.05) is 39.0 Å². The van der Waals surface area contributed by atoms with E-state index in [1.54, 1.807) is 12.4 Å². The lowest BCUT2D eigenvalue weighted by Crippen LogP contribution is -2.18. The fourth-order valence-electron chi connectivity index (χ4n) is 1.93. The highest BCUT2D eigenvalue weighted by Crippen LogP contribution is 2.06. The molecule has 0 aromatic carbocycles. The first-order chi connectivity index (χ1) is 9.74. The van der Waals surface area contributed by atoms with E-state index < -0.39 is 0 Å². The Hall–Kier alpha value is -1.71. The minimum Gasteiger partial charge on any atom is -0.273 e. The van der Waals surface area contributed by atoms with E-state index in [0.717, 1.165) is 24.1 Å². The van der Waals surface area contributed by atoms with Crippen LogP contribution >= 0.6 is 0 Å². The molecule has 0 unspecified atom stereocenters. The third-order valence-electron chi connectivity index (χ3n) is 3.20. The number of carbonyl (C=O) groups excluding carboxylic acids is 1. The number of carbonyl (C=O) groups is 1. The maximum absolute atomic E-state index is 11.6. The van der Waals surface area contributed by atoms with Crippen LogP contribution < -0.4 is 5.43 Å². The number of hydrogen-bond acceptors (Lipinski definition) is 3. The Balaban J connectivity index is 2.19. The zero-order chi connectivity index (χ0) is 14.6. The van der Waals surface area contributed by atoms with Crippen LogP contribution in [0.3, 0.4) is 0 Å². The van der Waals surface area contributed by atoms with Crippen LogP contribution in [0, 0.1) is 0 Å². The number of hydrogen-bond donors (Lipinski definition) is 1. The third-order valence-corrected chi connectivity index (χ3v) is 3.20. The predicted octanol–water partition coefficient (Wildman–Crippen LogP) is 3.67. The number of unbranched alkanes of at least 4 members (excludes halogenated alkanes) is 5. The van der Waals surface area contributed by atoms with Gasteiger partial charge in [-0.3, -0.25) is 9.78 Å². The molecule has 0 fully saturated rings. The van der Waals surface area contributed by atoms with Crippen molar-refractivity contribution in [1.82, 2.24) is 10.4 Å². The van der Waals surface area contributed by atoms with Gasteiger partial charge < -0.3 is 0 Å². The molecule has 1 rings (SSSR count). The molecule has 1 N–H and O–H groups in total. The maximum atomic E-state index is 11.6. The van der Waals surface area contributed by atoms with Gasteiger partial charge in [0.15, 0.2) is 0 Å². The van der Waals surface area contributed by atoms with Crippen LogP contribution in [0.25, 0.3) is 0 Å². The van der Waals surface area contributed by atoms with Crippen molar-refractivity contribution in [3.63, 3.8) is 0 Å². The lowest BCUT2D eigenvalue weighted by atomic mass is 10.1. The van der Waals surface area contributed by atoms with Crippen LogP contribution in [0.5, 0.6) is 0 Å². The van der Waals surface area contributed by atoms with E-state index in [-0.39, 0.29) is 5.91 Å². The van der Waals surface area contributed by atoms with Gasteiger partial charge in [0.05, 0.1) is 5.71 Å². The Labute approximate surface area is 121 Å². The molecule has 110 valence electrons. The smallest absolute Gasteiger partial charge is 0.240 e. The Kier molecular flexibility index (Phi) is 8.27. The van der Waals surface area contributed by atoms with E-state index >= 15 is 0 Å².